The summed E-state index contributed by atoms with van der Waals surface area (Å²) in [6.07, 6.45) is 5.06. The second-order valence-corrected chi connectivity index (χ2v) is 4.33. The van der Waals surface area contributed by atoms with E-state index >= 15 is 0 Å². The summed E-state index contributed by atoms with van der Waals surface area (Å²) in [5.74, 6) is 1.57. The Kier molecular flexibility index (Phi) is 2.99. The van der Waals surface area contributed by atoms with Crippen LogP contribution in [0.5, 0.6) is 0 Å². The van der Waals surface area contributed by atoms with Gasteiger partial charge in [-0.2, -0.15) is 5.10 Å². The summed E-state index contributed by atoms with van der Waals surface area (Å²) in [5, 5.41) is 9.06. The summed E-state index contributed by atoms with van der Waals surface area (Å²) < 4.78 is 0. The number of hydrogen-bond donors (Lipinski definition) is 2. The van der Waals surface area contributed by atoms with Crippen LogP contribution in [-0.4, -0.2) is 27.6 Å². The maximum absolute atomic E-state index is 11.5. The molecule has 5 heteroatoms. The fraction of sp³-hybridized carbons (Fsp3) is 0.700. The minimum atomic E-state index is -0.160. The summed E-state index contributed by atoms with van der Waals surface area (Å²) in [6.45, 7) is 3.02. The molecule has 1 amide bonds. The molecule has 15 heavy (non-hydrogen) atoms. The number of hydrogen-bond acceptors (Lipinski definition) is 3. The summed E-state index contributed by atoms with van der Waals surface area (Å²) in [6, 6.07) is 0. The Balaban J connectivity index is 1.76. The number of nitrogens with zero attached hydrogens (tertiary/aromatic N) is 2. The van der Waals surface area contributed by atoms with Crippen molar-refractivity contribution in [2.75, 3.05) is 6.54 Å². The minimum Gasteiger partial charge on any atom is -0.349 e. The molecule has 0 bridgehead atoms. The average Bonchev–Trinajstić information content (AvgIpc) is 2.84. The number of nitrogens with one attached hydrogen (secondary N) is 2. The van der Waals surface area contributed by atoms with Gasteiger partial charge in [-0.3, -0.25) is 9.89 Å². The van der Waals surface area contributed by atoms with Gasteiger partial charge in [-0.25, -0.2) is 4.98 Å². The molecule has 1 aliphatic rings. The van der Waals surface area contributed by atoms with Crippen molar-refractivity contribution in [1.82, 2.24) is 20.5 Å². The minimum absolute atomic E-state index is 0.160. The number of carbonyl (C=O) groups is 1. The smallest absolute Gasteiger partial charge is 0.288 e. The molecule has 1 aromatic rings. The number of H-pyrrole nitrogens is 1. The Hall–Kier alpha value is -1.39. The molecule has 82 valence electrons. The Bertz CT molecular complexity index is 322. The van der Waals surface area contributed by atoms with Crippen LogP contribution in [0.3, 0.4) is 0 Å². The molecule has 1 heterocycles. The molecule has 2 rings (SSSR count). The average molecular weight is 208 g/mol. The number of rotatable bonds is 3. The third kappa shape index (κ3) is 2.55. The molecule has 1 aliphatic carbocycles. The fourth-order valence-corrected chi connectivity index (χ4v) is 2.15. The summed E-state index contributed by atoms with van der Waals surface area (Å²) >= 11 is 0. The maximum Gasteiger partial charge on any atom is 0.288 e. The molecule has 0 radical (unpaired) electrons. The van der Waals surface area contributed by atoms with E-state index in [2.05, 4.69) is 27.4 Å². The van der Waals surface area contributed by atoms with Crippen LogP contribution in [-0.2, 0) is 0 Å². The standard InChI is InChI=1S/C10H16N4O/c1-7-2-3-8(4-7)5-11-10(15)9-12-6-13-14-9/h6-8H,2-5H2,1H3,(H,11,15)(H,12,13,14). The van der Waals surface area contributed by atoms with E-state index in [1.54, 1.807) is 0 Å². The van der Waals surface area contributed by atoms with E-state index in [0.717, 1.165) is 12.5 Å². The lowest BCUT2D eigenvalue weighted by atomic mass is 10.1. The van der Waals surface area contributed by atoms with Gasteiger partial charge in [0.2, 0.25) is 5.82 Å². The van der Waals surface area contributed by atoms with Crippen LogP contribution < -0.4 is 5.32 Å². The highest BCUT2D eigenvalue weighted by Crippen LogP contribution is 2.29. The van der Waals surface area contributed by atoms with E-state index in [1.807, 2.05) is 0 Å². The monoisotopic (exact) mass is 208 g/mol. The maximum atomic E-state index is 11.5. The van der Waals surface area contributed by atoms with Crippen molar-refractivity contribution in [3.8, 4) is 0 Å². The van der Waals surface area contributed by atoms with Crippen LogP contribution in [0.25, 0.3) is 0 Å². The van der Waals surface area contributed by atoms with Crippen molar-refractivity contribution in [1.29, 1.82) is 0 Å². The number of carbonyl (C=O) groups excluding carboxylic acids is 1. The summed E-state index contributed by atoms with van der Waals surface area (Å²) in [7, 11) is 0. The van der Waals surface area contributed by atoms with Crippen molar-refractivity contribution in [3.05, 3.63) is 12.2 Å². The normalized spacial score (nSPS) is 25.4. The third-order valence-electron chi connectivity index (χ3n) is 2.98. The van der Waals surface area contributed by atoms with Crippen molar-refractivity contribution < 1.29 is 4.79 Å². The molecular weight excluding hydrogens is 192 g/mol. The summed E-state index contributed by atoms with van der Waals surface area (Å²) in [4.78, 5) is 15.3. The Morgan fingerprint density at radius 3 is 3.13 bits per heavy atom. The summed E-state index contributed by atoms with van der Waals surface area (Å²) in [5.41, 5.74) is 0. The van der Waals surface area contributed by atoms with Gasteiger partial charge in [-0.15, -0.1) is 0 Å². The van der Waals surface area contributed by atoms with E-state index in [1.165, 1.54) is 25.6 Å². The van der Waals surface area contributed by atoms with Crippen molar-refractivity contribution in [2.45, 2.75) is 26.2 Å². The molecule has 1 aromatic heterocycles. The molecule has 2 N–H and O–H groups in total. The van der Waals surface area contributed by atoms with E-state index < -0.39 is 0 Å². The van der Waals surface area contributed by atoms with Crippen LogP contribution in [0.2, 0.25) is 0 Å². The molecule has 0 saturated heterocycles. The Morgan fingerprint density at radius 1 is 1.67 bits per heavy atom. The van der Waals surface area contributed by atoms with Crippen molar-refractivity contribution in [2.24, 2.45) is 11.8 Å². The Labute approximate surface area is 88.7 Å². The zero-order valence-electron chi connectivity index (χ0n) is 8.86. The van der Waals surface area contributed by atoms with Gasteiger partial charge >= 0.3 is 0 Å². The highest BCUT2D eigenvalue weighted by molar-refractivity contribution is 5.90. The molecule has 2 unspecified atom stereocenters. The molecule has 0 aromatic carbocycles. The van der Waals surface area contributed by atoms with Gasteiger partial charge in [0.25, 0.3) is 5.91 Å². The van der Waals surface area contributed by atoms with Crippen LogP contribution >= 0.6 is 0 Å². The van der Waals surface area contributed by atoms with E-state index in [0.29, 0.717) is 11.7 Å². The van der Waals surface area contributed by atoms with Crippen molar-refractivity contribution in [3.63, 3.8) is 0 Å². The van der Waals surface area contributed by atoms with Crippen LogP contribution in [0.4, 0.5) is 0 Å². The van der Waals surface area contributed by atoms with Crippen LogP contribution in [0, 0.1) is 11.8 Å². The molecule has 1 fully saturated rings. The topological polar surface area (TPSA) is 70.7 Å². The van der Waals surface area contributed by atoms with Gasteiger partial charge in [0.05, 0.1) is 0 Å². The SMILES string of the molecule is CC1CCC(CNC(=O)c2ncn[nH]2)C1. The lowest BCUT2D eigenvalue weighted by Crippen LogP contribution is -2.29. The highest BCUT2D eigenvalue weighted by Gasteiger charge is 2.21. The first kappa shape index (κ1) is 10.1. The quantitative estimate of drug-likeness (QED) is 0.777. The predicted molar refractivity (Wildman–Crippen MR) is 55.2 cm³/mol. The number of aromatic nitrogens is 3. The first-order valence-electron chi connectivity index (χ1n) is 5.39. The van der Waals surface area contributed by atoms with Crippen LogP contribution in [0.1, 0.15) is 36.8 Å². The molecule has 0 aliphatic heterocycles. The molecular formula is C10H16N4O. The Morgan fingerprint density at radius 2 is 2.53 bits per heavy atom. The van der Waals surface area contributed by atoms with Gasteiger partial charge in [-0.1, -0.05) is 13.3 Å². The third-order valence-corrected chi connectivity index (χ3v) is 2.98. The van der Waals surface area contributed by atoms with Gasteiger partial charge in [0.15, 0.2) is 0 Å². The zero-order valence-corrected chi connectivity index (χ0v) is 8.86. The first-order valence-corrected chi connectivity index (χ1v) is 5.39. The largest absolute Gasteiger partial charge is 0.349 e. The van der Waals surface area contributed by atoms with Gasteiger partial charge in [0.1, 0.15) is 6.33 Å². The molecule has 1 saturated carbocycles. The van der Waals surface area contributed by atoms with E-state index in [-0.39, 0.29) is 5.91 Å². The molecule has 5 nitrogen and oxygen atoms in total. The van der Waals surface area contributed by atoms with Crippen molar-refractivity contribution >= 4 is 5.91 Å². The van der Waals surface area contributed by atoms with Crippen LogP contribution in [0.15, 0.2) is 6.33 Å². The molecule has 2 atom stereocenters. The lowest BCUT2D eigenvalue weighted by molar-refractivity contribution is 0.0937. The molecule has 0 spiro atoms. The second-order valence-electron chi connectivity index (χ2n) is 4.33. The zero-order chi connectivity index (χ0) is 10.7. The van der Waals surface area contributed by atoms with Gasteiger partial charge in [0, 0.05) is 6.54 Å². The lowest BCUT2D eigenvalue weighted by Gasteiger charge is -2.09. The highest BCUT2D eigenvalue weighted by atomic mass is 16.2. The second kappa shape index (κ2) is 4.42. The number of amides is 1. The first-order chi connectivity index (χ1) is 7.25. The van der Waals surface area contributed by atoms with E-state index in [4.69, 9.17) is 0 Å². The van der Waals surface area contributed by atoms with Gasteiger partial charge in [-0.05, 0) is 24.7 Å². The fourth-order valence-electron chi connectivity index (χ4n) is 2.15. The predicted octanol–water partition coefficient (Wildman–Crippen LogP) is 0.971. The number of aromatic amines is 1. The van der Waals surface area contributed by atoms with E-state index in [9.17, 15) is 4.79 Å². The van der Waals surface area contributed by atoms with Gasteiger partial charge < -0.3 is 5.32 Å².